The Morgan fingerprint density at radius 3 is 2.19 bits per heavy atom. The minimum absolute atomic E-state index is 0.00253. The molecule has 1 heterocycles. The van der Waals surface area contributed by atoms with Crippen molar-refractivity contribution in [1.82, 2.24) is 9.97 Å². The Morgan fingerprint density at radius 1 is 0.906 bits per heavy atom. The molecule has 1 amide bonds. The number of hydrogen-bond donors (Lipinski definition) is 2. The number of carbonyl (C=O) groups excluding carboxylic acids is 1. The Labute approximate surface area is 183 Å². The van der Waals surface area contributed by atoms with E-state index >= 15 is 0 Å². The van der Waals surface area contributed by atoms with Crippen LogP contribution in [0, 0.1) is 11.6 Å². The van der Waals surface area contributed by atoms with E-state index in [-0.39, 0.29) is 35.5 Å². The first-order chi connectivity index (χ1) is 15.5. The second-order valence-electron chi connectivity index (χ2n) is 7.16. The van der Waals surface area contributed by atoms with Crippen LogP contribution in [-0.4, -0.2) is 21.0 Å². The number of aliphatic hydroxyl groups excluding tert-OH is 1. The number of carbonyl (C=O) groups is 1. The maximum absolute atomic E-state index is 13.3. The quantitative estimate of drug-likeness (QED) is 0.465. The number of halogens is 2. The van der Waals surface area contributed by atoms with Gasteiger partial charge >= 0.3 is 0 Å². The number of aromatic nitrogens is 2. The van der Waals surface area contributed by atoms with Gasteiger partial charge in [-0.25, -0.2) is 18.7 Å². The van der Waals surface area contributed by atoms with Gasteiger partial charge in [0.1, 0.15) is 23.4 Å². The Bertz CT molecular complexity index is 1210. The average Bonchev–Trinajstić information content (AvgIpc) is 2.81. The van der Waals surface area contributed by atoms with Crippen LogP contribution in [0.4, 0.5) is 14.6 Å². The van der Waals surface area contributed by atoms with Crippen LogP contribution < -0.4 is 5.32 Å². The molecule has 4 aromatic rings. The van der Waals surface area contributed by atoms with Crippen molar-refractivity contribution in [1.29, 1.82) is 0 Å². The highest BCUT2D eigenvalue weighted by molar-refractivity contribution is 5.92. The fourth-order valence-corrected chi connectivity index (χ4v) is 3.21. The zero-order valence-electron chi connectivity index (χ0n) is 16.9. The second-order valence-corrected chi connectivity index (χ2v) is 7.16. The predicted molar refractivity (Wildman–Crippen MR) is 117 cm³/mol. The molecule has 7 heteroatoms. The Balaban J connectivity index is 1.66. The van der Waals surface area contributed by atoms with Gasteiger partial charge in [0, 0.05) is 5.56 Å². The third kappa shape index (κ3) is 5.01. The Morgan fingerprint density at radius 2 is 1.53 bits per heavy atom. The molecule has 0 saturated carbocycles. The summed E-state index contributed by atoms with van der Waals surface area (Å²) in [4.78, 5) is 21.4. The number of hydrogen-bond acceptors (Lipinski definition) is 4. The summed E-state index contributed by atoms with van der Waals surface area (Å²) >= 11 is 0. The standard InChI is InChI=1S/C25H19F2N3O2/c26-19-10-6-16(7-11-19)14-22(31)30-25-23(24(32)18-4-2-1-3-5-18)29-21(15-28-25)17-8-12-20(27)13-9-17/h1-13,15,24,32H,14H2,(H,28,30,31). The van der Waals surface area contributed by atoms with E-state index < -0.39 is 6.10 Å². The summed E-state index contributed by atoms with van der Waals surface area (Å²) in [5, 5.41) is 13.7. The number of amides is 1. The first-order valence-corrected chi connectivity index (χ1v) is 9.90. The fraction of sp³-hybridized carbons (Fsp3) is 0.0800. The van der Waals surface area contributed by atoms with Crippen LogP contribution >= 0.6 is 0 Å². The van der Waals surface area contributed by atoms with Crippen molar-refractivity contribution in [3.63, 3.8) is 0 Å². The van der Waals surface area contributed by atoms with Crippen molar-refractivity contribution >= 4 is 11.7 Å². The highest BCUT2D eigenvalue weighted by atomic mass is 19.1. The van der Waals surface area contributed by atoms with Gasteiger partial charge in [0.2, 0.25) is 5.91 Å². The SMILES string of the molecule is O=C(Cc1ccc(F)cc1)Nc1ncc(-c2ccc(F)cc2)nc1C(O)c1ccccc1. The van der Waals surface area contributed by atoms with E-state index in [1.807, 2.05) is 6.07 Å². The van der Waals surface area contributed by atoms with Crippen molar-refractivity contribution in [3.8, 4) is 11.3 Å². The van der Waals surface area contributed by atoms with Gasteiger partial charge in [0.25, 0.3) is 0 Å². The van der Waals surface area contributed by atoms with Crippen LogP contribution in [-0.2, 0) is 11.2 Å². The summed E-state index contributed by atoms with van der Waals surface area (Å²) in [5.41, 5.74) is 2.40. The molecule has 1 atom stereocenters. The van der Waals surface area contributed by atoms with Crippen LogP contribution in [0.3, 0.4) is 0 Å². The van der Waals surface area contributed by atoms with Crippen molar-refractivity contribution in [2.75, 3.05) is 5.32 Å². The molecular weight excluding hydrogens is 412 g/mol. The van der Waals surface area contributed by atoms with Gasteiger partial charge in [-0.05, 0) is 47.5 Å². The van der Waals surface area contributed by atoms with Crippen molar-refractivity contribution in [2.24, 2.45) is 0 Å². The number of anilines is 1. The molecule has 0 aliphatic heterocycles. The van der Waals surface area contributed by atoms with Crippen molar-refractivity contribution < 1.29 is 18.7 Å². The molecule has 1 unspecified atom stereocenters. The number of rotatable bonds is 6. The molecule has 5 nitrogen and oxygen atoms in total. The third-order valence-corrected chi connectivity index (χ3v) is 4.85. The first-order valence-electron chi connectivity index (χ1n) is 9.90. The molecule has 0 bridgehead atoms. The van der Waals surface area contributed by atoms with Gasteiger partial charge in [-0.2, -0.15) is 0 Å². The minimum atomic E-state index is -1.15. The van der Waals surface area contributed by atoms with E-state index in [0.29, 0.717) is 22.4 Å². The summed E-state index contributed by atoms with van der Waals surface area (Å²) < 4.78 is 26.4. The lowest BCUT2D eigenvalue weighted by molar-refractivity contribution is -0.115. The molecule has 160 valence electrons. The highest BCUT2D eigenvalue weighted by Crippen LogP contribution is 2.28. The van der Waals surface area contributed by atoms with E-state index in [1.165, 1.54) is 42.6 Å². The molecule has 0 radical (unpaired) electrons. The Kier molecular flexibility index (Phi) is 6.28. The molecule has 0 saturated heterocycles. The molecule has 1 aromatic heterocycles. The topological polar surface area (TPSA) is 75.1 Å². The van der Waals surface area contributed by atoms with Crippen LogP contribution in [0.5, 0.6) is 0 Å². The molecule has 0 aliphatic rings. The molecular formula is C25H19F2N3O2. The van der Waals surface area contributed by atoms with Crippen LogP contribution in [0.25, 0.3) is 11.3 Å². The van der Waals surface area contributed by atoms with Crippen LogP contribution in [0.15, 0.2) is 85.1 Å². The lowest BCUT2D eigenvalue weighted by Crippen LogP contribution is -2.19. The summed E-state index contributed by atoms with van der Waals surface area (Å²) in [6.45, 7) is 0. The van der Waals surface area contributed by atoms with Gasteiger partial charge in [-0.15, -0.1) is 0 Å². The van der Waals surface area contributed by atoms with E-state index in [2.05, 4.69) is 15.3 Å². The van der Waals surface area contributed by atoms with Gasteiger partial charge in [-0.3, -0.25) is 4.79 Å². The summed E-state index contributed by atoms with van der Waals surface area (Å²) in [5.74, 6) is -1.04. The zero-order valence-corrected chi connectivity index (χ0v) is 16.9. The summed E-state index contributed by atoms with van der Waals surface area (Å²) in [7, 11) is 0. The summed E-state index contributed by atoms with van der Waals surface area (Å²) in [6, 6.07) is 20.2. The van der Waals surface area contributed by atoms with E-state index in [0.717, 1.165) is 0 Å². The fourth-order valence-electron chi connectivity index (χ4n) is 3.21. The maximum atomic E-state index is 13.3. The average molecular weight is 431 g/mol. The lowest BCUT2D eigenvalue weighted by atomic mass is 10.1. The Hall–Kier alpha value is -3.97. The molecule has 4 rings (SSSR count). The number of nitrogens with one attached hydrogen (secondary N) is 1. The van der Waals surface area contributed by atoms with E-state index in [4.69, 9.17) is 0 Å². The predicted octanol–water partition coefficient (Wildman–Crippen LogP) is 4.68. The smallest absolute Gasteiger partial charge is 0.229 e. The van der Waals surface area contributed by atoms with Crippen molar-refractivity contribution in [3.05, 3.63) is 114 Å². The number of benzene rings is 3. The zero-order chi connectivity index (χ0) is 22.5. The molecule has 2 N–H and O–H groups in total. The normalized spacial score (nSPS) is 11.7. The monoisotopic (exact) mass is 431 g/mol. The molecule has 32 heavy (non-hydrogen) atoms. The molecule has 0 aliphatic carbocycles. The summed E-state index contributed by atoms with van der Waals surface area (Å²) in [6.07, 6.45) is 0.301. The highest BCUT2D eigenvalue weighted by Gasteiger charge is 2.20. The third-order valence-electron chi connectivity index (χ3n) is 4.85. The second kappa shape index (κ2) is 9.45. The van der Waals surface area contributed by atoms with Crippen LogP contribution in [0.2, 0.25) is 0 Å². The van der Waals surface area contributed by atoms with E-state index in [1.54, 1.807) is 36.4 Å². The van der Waals surface area contributed by atoms with E-state index in [9.17, 15) is 18.7 Å². The molecule has 3 aromatic carbocycles. The minimum Gasteiger partial charge on any atom is -0.382 e. The number of nitrogens with zero attached hydrogens (tertiary/aromatic N) is 2. The van der Waals surface area contributed by atoms with Crippen LogP contribution in [0.1, 0.15) is 22.9 Å². The van der Waals surface area contributed by atoms with Crippen molar-refractivity contribution in [2.45, 2.75) is 12.5 Å². The lowest BCUT2D eigenvalue weighted by Gasteiger charge is -2.16. The number of aliphatic hydroxyl groups is 1. The van der Waals surface area contributed by atoms with Gasteiger partial charge in [0.15, 0.2) is 5.82 Å². The molecule has 0 fully saturated rings. The van der Waals surface area contributed by atoms with Gasteiger partial charge in [-0.1, -0.05) is 42.5 Å². The van der Waals surface area contributed by atoms with Gasteiger partial charge < -0.3 is 10.4 Å². The molecule has 0 spiro atoms. The first kappa shape index (κ1) is 21.3. The largest absolute Gasteiger partial charge is 0.382 e. The van der Waals surface area contributed by atoms with Gasteiger partial charge in [0.05, 0.1) is 18.3 Å². The maximum Gasteiger partial charge on any atom is 0.229 e.